The molecule has 1 atom stereocenters. The van der Waals surface area contributed by atoms with Crippen molar-refractivity contribution < 1.29 is 28.8 Å². The lowest BCUT2D eigenvalue weighted by atomic mass is 10.1. The Bertz CT molecular complexity index is 780. The molecule has 2 rings (SSSR count). The van der Waals surface area contributed by atoms with E-state index in [2.05, 4.69) is 5.32 Å². The maximum atomic E-state index is 12.5. The van der Waals surface area contributed by atoms with Crippen molar-refractivity contribution in [2.24, 2.45) is 0 Å². The molecule has 0 spiro atoms. The lowest BCUT2D eigenvalue weighted by Crippen LogP contribution is -2.28. The van der Waals surface area contributed by atoms with Gasteiger partial charge in [0.25, 0.3) is 5.91 Å². The van der Waals surface area contributed by atoms with Crippen molar-refractivity contribution >= 4 is 5.91 Å². The summed E-state index contributed by atoms with van der Waals surface area (Å²) in [5.74, 6) is 1.84. The molecule has 1 unspecified atom stereocenters. The van der Waals surface area contributed by atoms with Crippen LogP contribution in [0, 0.1) is 6.92 Å². The van der Waals surface area contributed by atoms with Gasteiger partial charge in [-0.1, -0.05) is 0 Å². The average molecular weight is 375 g/mol. The summed E-state index contributed by atoms with van der Waals surface area (Å²) in [6.07, 6.45) is -0.965. The number of aliphatic hydroxyl groups is 1. The van der Waals surface area contributed by atoms with Crippen LogP contribution in [-0.4, -0.2) is 46.0 Å². The lowest BCUT2D eigenvalue weighted by Gasteiger charge is -2.17. The SMILES string of the molecule is COc1ccc(OC)c(C(O)CNC(=O)c2cc(OC)c(C)c(OC)c2)c1. The number of carbonyl (C=O) groups is 1. The van der Waals surface area contributed by atoms with Crippen molar-refractivity contribution in [2.45, 2.75) is 13.0 Å². The minimum atomic E-state index is -0.965. The Morgan fingerprint density at radius 2 is 1.56 bits per heavy atom. The molecule has 146 valence electrons. The van der Waals surface area contributed by atoms with Crippen LogP contribution in [0.4, 0.5) is 0 Å². The second kappa shape index (κ2) is 9.14. The van der Waals surface area contributed by atoms with Crippen LogP contribution in [0.5, 0.6) is 23.0 Å². The molecule has 0 aliphatic carbocycles. The van der Waals surface area contributed by atoms with Crippen molar-refractivity contribution in [1.29, 1.82) is 0 Å². The molecule has 7 nitrogen and oxygen atoms in total. The van der Waals surface area contributed by atoms with E-state index in [1.165, 1.54) is 28.4 Å². The summed E-state index contributed by atoms with van der Waals surface area (Å²) in [6.45, 7) is 1.85. The Morgan fingerprint density at radius 3 is 2.07 bits per heavy atom. The van der Waals surface area contributed by atoms with E-state index >= 15 is 0 Å². The lowest BCUT2D eigenvalue weighted by molar-refractivity contribution is 0.0914. The molecule has 0 aliphatic rings. The molecule has 2 aromatic rings. The number of aliphatic hydroxyl groups excluding tert-OH is 1. The van der Waals surface area contributed by atoms with E-state index in [0.717, 1.165) is 5.56 Å². The Kier molecular flexibility index (Phi) is 6.90. The summed E-state index contributed by atoms with van der Waals surface area (Å²) >= 11 is 0. The van der Waals surface area contributed by atoms with Crippen molar-refractivity contribution in [3.63, 3.8) is 0 Å². The summed E-state index contributed by atoms with van der Waals surface area (Å²) in [6, 6.07) is 8.37. The predicted molar refractivity (Wildman–Crippen MR) is 101 cm³/mol. The normalized spacial score (nSPS) is 11.5. The average Bonchev–Trinajstić information content (AvgIpc) is 2.71. The Morgan fingerprint density at radius 1 is 0.963 bits per heavy atom. The zero-order chi connectivity index (χ0) is 20.0. The fourth-order valence-corrected chi connectivity index (χ4v) is 2.72. The fourth-order valence-electron chi connectivity index (χ4n) is 2.72. The molecule has 0 aromatic heterocycles. The number of carbonyl (C=O) groups excluding carboxylic acids is 1. The molecule has 7 heteroatoms. The summed E-state index contributed by atoms with van der Waals surface area (Å²) in [5.41, 5.74) is 1.70. The zero-order valence-corrected chi connectivity index (χ0v) is 16.2. The van der Waals surface area contributed by atoms with E-state index in [0.29, 0.717) is 34.1 Å². The van der Waals surface area contributed by atoms with Gasteiger partial charge in [-0.05, 0) is 37.3 Å². The van der Waals surface area contributed by atoms with Gasteiger partial charge in [0.1, 0.15) is 29.1 Å². The third-order valence-electron chi connectivity index (χ3n) is 4.27. The smallest absolute Gasteiger partial charge is 0.251 e. The minimum absolute atomic E-state index is 0.000861. The zero-order valence-electron chi connectivity index (χ0n) is 16.2. The molecule has 0 bridgehead atoms. The van der Waals surface area contributed by atoms with E-state index < -0.39 is 6.10 Å². The Labute approximate surface area is 158 Å². The van der Waals surface area contributed by atoms with Gasteiger partial charge in [-0.25, -0.2) is 0 Å². The molecule has 0 fully saturated rings. The molecule has 2 N–H and O–H groups in total. The number of methoxy groups -OCH3 is 4. The largest absolute Gasteiger partial charge is 0.497 e. The second-order valence-corrected chi connectivity index (χ2v) is 5.84. The van der Waals surface area contributed by atoms with Crippen LogP contribution in [0.1, 0.15) is 27.6 Å². The first kappa shape index (κ1) is 20.4. The van der Waals surface area contributed by atoms with Gasteiger partial charge in [-0.3, -0.25) is 4.79 Å². The first-order valence-corrected chi connectivity index (χ1v) is 8.36. The molecule has 0 saturated carbocycles. The summed E-state index contributed by atoms with van der Waals surface area (Å²) in [7, 11) is 6.12. The molecule has 27 heavy (non-hydrogen) atoms. The Hall–Kier alpha value is -2.93. The summed E-state index contributed by atoms with van der Waals surface area (Å²) in [4.78, 5) is 12.5. The first-order valence-electron chi connectivity index (χ1n) is 8.36. The molecule has 1 amide bonds. The van der Waals surface area contributed by atoms with Crippen LogP contribution in [0.2, 0.25) is 0 Å². The van der Waals surface area contributed by atoms with Crippen LogP contribution in [0.25, 0.3) is 0 Å². The van der Waals surface area contributed by atoms with Gasteiger partial charge in [0.15, 0.2) is 0 Å². The minimum Gasteiger partial charge on any atom is -0.497 e. The van der Waals surface area contributed by atoms with Crippen molar-refractivity contribution in [3.8, 4) is 23.0 Å². The highest BCUT2D eigenvalue weighted by Crippen LogP contribution is 2.30. The number of benzene rings is 2. The van der Waals surface area contributed by atoms with E-state index in [1.54, 1.807) is 30.3 Å². The number of rotatable bonds is 8. The topological polar surface area (TPSA) is 86.2 Å². The summed E-state index contributed by atoms with van der Waals surface area (Å²) in [5, 5.41) is 13.2. The Balaban J connectivity index is 2.16. The van der Waals surface area contributed by atoms with Crippen LogP contribution in [-0.2, 0) is 0 Å². The van der Waals surface area contributed by atoms with Crippen LogP contribution in [0.3, 0.4) is 0 Å². The van der Waals surface area contributed by atoms with Crippen LogP contribution >= 0.6 is 0 Å². The van der Waals surface area contributed by atoms with Gasteiger partial charge >= 0.3 is 0 Å². The molecule has 0 aliphatic heterocycles. The van der Waals surface area contributed by atoms with Gasteiger partial charge in [0.2, 0.25) is 0 Å². The van der Waals surface area contributed by atoms with Gasteiger partial charge in [-0.2, -0.15) is 0 Å². The third-order valence-corrected chi connectivity index (χ3v) is 4.27. The van der Waals surface area contributed by atoms with Crippen molar-refractivity contribution in [3.05, 3.63) is 47.0 Å². The highest BCUT2D eigenvalue weighted by molar-refractivity contribution is 5.95. The van der Waals surface area contributed by atoms with Gasteiger partial charge in [-0.15, -0.1) is 0 Å². The maximum Gasteiger partial charge on any atom is 0.251 e. The van der Waals surface area contributed by atoms with Crippen LogP contribution < -0.4 is 24.3 Å². The van der Waals surface area contributed by atoms with Crippen molar-refractivity contribution in [2.75, 3.05) is 35.0 Å². The number of amides is 1. The number of hydrogen-bond donors (Lipinski definition) is 2. The molecule has 0 radical (unpaired) electrons. The molecule has 0 heterocycles. The summed E-state index contributed by atoms with van der Waals surface area (Å²) < 4.78 is 21.0. The quantitative estimate of drug-likeness (QED) is 0.737. The highest BCUT2D eigenvalue weighted by Gasteiger charge is 2.18. The fraction of sp³-hybridized carbons (Fsp3) is 0.350. The standard InChI is InChI=1S/C20H25NO6/c1-12-18(26-4)8-13(9-19(12)27-5)20(23)21-11-16(22)15-10-14(24-2)6-7-17(15)25-3/h6-10,16,22H,11H2,1-5H3,(H,21,23). The molecular weight excluding hydrogens is 350 g/mol. The van der Waals surface area contributed by atoms with E-state index in [9.17, 15) is 9.90 Å². The monoisotopic (exact) mass is 375 g/mol. The van der Waals surface area contributed by atoms with Crippen LogP contribution in [0.15, 0.2) is 30.3 Å². The number of hydrogen-bond acceptors (Lipinski definition) is 6. The predicted octanol–water partition coefficient (Wildman–Crippen LogP) is 2.49. The number of nitrogens with one attached hydrogen (secondary N) is 1. The molecular formula is C20H25NO6. The molecule has 0 saturated heterocycles. The first-order chi connectivity index (χ1) is 12.9. The van der Waals surface area contributed by atoms with Crippen molar-refractivity contribution in [1.82, 2.24) is 5.32 Å². The number of ether oxygens (including phenoxy) is 4. The van der Waals surface area contributed by atoms with Gasteiger partial charge in [0, 0.05) is 23.2 Å². The highest BCUT2D eigenvalue weighted by atomic mass is 16.5. The van der Waals surface area contributed by atoms with E-state index in [4.69, 9.17) is 18.9 Å². The van der Waals surface area contributed by atoms with Gasteiger partial charge in [0.05, 0.1) is 28.4 Å². The third kappa shape index (κ3) is 4.62. The van der Waals surface area contributed by atoms with Gasteiger partial charge < -0.3 is 29.4 Å². The second-order valence-electron chi connectivity index (χ2n) is 5.84. The van der Waals surface area contributed by atoms with E-state index in [-0.39, 0.29) is 12.5 Å². The van der Waals surface area contributed by atoms with E-state index in [1.807, 2.05) is 6.92 Å². The maximum absolute atomic E-state index is 12.5. The molecule has 2 aromatic carbocycles.